The van der Waals surface area contributed by atoms with Crippen molar-refractivity contribution >= 4 is 34.9 Å². The Bertz CT molecular complexity index is 456. The van der Waals surface area contributed by atoms with Crippen molar-refractivity contribution in [2.75, 3.05) is 18.0 Å². The minimum absolute atomic E-state index is 0.210. The lowest BCUT2D eigenvalue weighted by Gasteiger charge is -2.19. The average Bonchev–Trinajstić information content (AvgIpc) is 2.78. The van der Waals surface area contributed by atoms with Gasteiger partial charge in [-0.05, 0) is 18.8 Å². The fourth-order valence-electron chi connectivity index (χ4n) is 2.18. The van der Waals surface area contributed by atoms with Gasteiger partial charge in [-0.3, -0.25) is 4.79 Å². The van der Waals surface area contributed by atoms with Crippen molar-refractivity contribution < 1.29 is 9.90 Å². The van der Waals surface area contributed by atoms with E-state index in [2.05, 4.69) is 15.1 Å². The zero-order valence-electron chi connectivity index (χ0n) is 9.64. The van der Waals surface area contributed by atoms with Crippen LogP contribution in [0.2, 0.25) is 10.3 Å². The van der Waals surface area contributed by atoms with Crippen LogP contribution in [-0.2, 0) is 4.79 Å². The number of carbonyl (C=O) groups is 1. The smallest absolute Gasteiger partial charge is 0.303 e. The van der Waals surface area contributed by atoms with Gasteiger partial charge in [0.1, 0.15) is 0 Å². The molecule has 1 aliphatic rings. The molecule has 1 saturated heterocycles. The summed E-state index contributed by atoms with van der Waals surface area (Å²) < 4.78 is 0. The van der Waals surface area contributed by atoms with Gasteiger partial charge >= 0.3 is 5.97 Å². The molecule has 1 atom stereocenters. The molecule has 0 aromatic carbocycles. The van der Waals surface area contributed by atoms with Crippen LogP contribution in [-0.4, -0.2) is 34.4 Å². The fourth-order valence-corrected chi connectivity index (χ4v) is 2.53. The number of hydrogen-bond donors (Lipinski definition) is 1. The Balaban J connectivity index is 1.99. The third-order valence-corrected chi connectivity index (χ3v) is 3.55. The Morgan fingerprint density at radius 3 is 3.00 bits per heavy atom. The predicted octanol–water partition coefficient (Wildman–Crippen LogP) is 2.47. The molecule has 0 bridgehead atoms. The van der Waals surface area contributed by atoms with Crippen molar-refractivity contribution in [1.29, 1.82) is 0 Å². The molecule has 0 saturated carbocycles. The normalized spacial score (nSPS) is 19.2. The third-order valence-electron chi connectivity index (χ3n) is 3.09. The molecule has 1 aromatic rings. The highest BCUT2D eigenvalue weighted by atomic mass is 35.5. The van der Waals surface area contributed by atoms with Gasteiger partial charge in [-0.2, -0.15) is 0 Å². The summed E-state index contributed by atoms with van der Waals surface area (Å²) in [5, 5.41) is 16.7. The molecule has 1 aromatic heterocycles. The van der Waals surface area contributed by atoms with Crippen molar-refractivity contribution in [3.05, 3.63) is 16.4 Å². The number of anilines is 1. The molecule has 2 rings (SSSR count). The van der Waals surface area contributed by atoms with Crippen LogP contribution in [0, 0.1) is 5.92 Å². The van der Waals surface area contributed by atoms with E-state index in [1.54, 1.807) is 6.07 Å². The molecule has 18 heavy (non-hydrogen) atoms. The summed E-state index contributed by atoms with van der Waals surface area (Å²) >= 11 is 11.8. The Morgan fingerprint density at radius 1 is 1.50 bits per heavy atom. The Kier molecular flexibility index (Phi) is 4.24. The van der Waals surface area contributed by atoms with Crippen molar-refractivity contribution in [3.8, 4) is 0 Å². The summed E-state index contributed by atoms with van der Waals surface area (Å²) in [7, 11) is 0. The fraction of sp³-hybridized carbons (Fsp3) is 0.545. The minimum atomic E-state index is -0.750. The number of rotatable bonds is 4. The van der Waals surface area contributed by atoms with Gasteiger partial charge in [0.15, 0.2) is 10.3 Å². The van der Waals surface area contributed by atoms with Crippen molar-refractivity contribution in [2.45, 2.75) is 19.3 Å². The molecule has 0 radical (unpaired) electrons. The van der Waals surface area contributed by atoms with E-state index in [9.17, 15) is 4.79 Å². The van der Waals surface area contributed by atoms with Gasteiger partial charge in [0.05, 0.1) is 5.69 Å². The standard InChI is InChI=1S/C11H13Cl2N3O2/c12-9-5-8(11(13)15-14-9)16-4-3-7(6-16)1-2-10(17)18/h5,7H,1-4,6H2,(H,17,18). The second kappa shape index (κ2) is 5.71. The Morgan fingerprint density at radius 2 is 2.28 bits per heavy atom. The van der Waals surface area contributed by atoms with Crippen LogP contribution in [0.3, 0.4) is 0 Å². The Labute approximate surface area is 115 Å². The van der Waals surface area contributed by atoms with Crippen LogP contribution in [0.15, 0.2) is 6.07 Å². The zero-order chi connectivity index (χ0) is 13.1. The minimum Gasteiger partial charge on any atom is -0.481 e. The van der Waals surface area contributed by atoms with Gasteiger partial charge in [0.25, 0.3) is 0 Å². The van der Waals surface area contributed by atoms with Crippen LogP contribution < -0.4 is 4.90 Å². The lowest BCUT2D eigenvalue weighted by Crippen LogP contribution is -2.20. The average molecular weight is 290 g/mol. The van der Waals surface area contributed by atoms with E-state index in [1.807, 2.05) is 0 Å². The van der Waals surface area contributed by atoms with Crippen molar-refractivity contribution in [2.24, 2.45) is 5.92 Å². The maximum absolute atomic E-state index is 10.5. The molecule has 98 valence electrons. The van der Waals surface area contributed by atoms with E-state index < -0.39 is 5.97 Å². The molecule has 2 heterocycles. The van der Waals surface area contributed by atoms with Crippen molar-refractivity contribution in [1.82, 2.24) is 10.2 Å². The highest BCUT2D eigenvalue weighted by Crippen LogP contribution is 2.31. The Hall–Kier alpha value is -1.07. The number of halogens is 2. The molecule has 1 fully saturated rings. The van der Waals surface area contributed by atoms with E-state index in [-0.39, 0.29) is 6.42 Å². The first-order valence-electron chi connectivity index (χ1n) is 5.71. The van der Waals surface area contributed by atoms with Crippen LogP contribution in [0.1, 0.15) is 19.3 Å². The van der Waals surface area contributed by atoms with E-state index in [0.717, 1.165) is 25.2 Å². The molecule has 0 aliphatic carbocycles. The summed E-state index contributed by atoms with van der Waals surface area (Å²) in [6, 6.07) is 1.69. The number of carboxylic acids is 1. The monoisotopic (exact) mass is 289 g/mol. The van der Waals surface area contributed by atoms with Crippen LogP contribution in [0.5, 0.6) is 0 Å². The predicted molar refractivity (Wildman–Crippen MR) is 69.2 cm³/mol. The number of aromatic nitrogens is 2. The summed E-state index contributed by atoms with van der Waals surface area (Å²) in [4.78, 5) is 12.6. The molecule has 0 amide bonds. The van der Waals surface area contributed by atoms with Crippen LogP contribution in [0.25, 0.3) is 0 Å². The maximum atomic E-state index is 10.5. The zero-order valence-corrected chi connectivity index (χ0v) is 11.2. The number of carboxylic acid groups (broad SMARTS) is 1. The van der Waals surface area contributed by atoms with Gasteiger partial charge in [-0.25, -0.2) is 0 Å². The summed E-state index contributed by atoms with van der Waals surface area (Å²) in [6.07, 6.45) is 1.86. The second-order valence-corrected chi connectivity index (χ2v) is 5.12. The van der Waals surface area contributed by atoms with E-state index in [0.29, 0.717) is 22.6 Å². The van der Waals surface area contributed by atoms with E-state index in [4.69, 9.17) is 28.3 Å². The molecule has 1 N–H and O–H groups in total. The molecule has 1 aliphatic heterocycles. The largest absolute Gasteiger partial charge is 0.481 e. The van der Waals surface area contributed by atoms with Gasteiger partial charge < -0.3 is 10.0 Å². The van der Waals surface area contributed by atoms with Gasteiger partial charge in [0.2, 0.25) is 0 Å². The van der Waals surface area contributed by atoms with Crippen molar-refractivity contribution in [3.63, 3.8) is 0 Å². The van der Waals surface area contributed by atoms with Crippen LogP contribution >= 0.6 is 23.2 Å². The maximum Gasteiger partial charge on any atom is 0.303 e. The first-order chi connectivity index (χ1) is 8.56. The van der Waals surface area contributed by atoms with Gasteiger partial charge in [-0.15, -0.1) is 10.2 Å². The molecule has 1 unspecified atom stereocenters. The molecular formula is C11H13Cl2N3O2. The quantitative estimate of drug-likeness (QED) is 0.922. The van der Waals surface area contributed by atoms with E-state index in [1.165, 1.54) is 0 Å². The summed E-state index contributed by atoms with van der Waals surface area (Å²) in [5.41, 5.74) is 0.773. The second-order valence-electron chi connectivity index (χ2n) is 4.38. The highest BCUT2D eigenvalue weighted by Gasteiger charge is 2.25. The first-order valence-corrected chi connectivity index (χ1v) is 6.47. The van der Waals surface area contributed by atoms with Gasteiger partial charge in [0, 0.05) is 25.6 Å². The molecule has 0 spiro atoms. The van der Waals surface area contributed by atoms with Crippen LogP contribution in [0.4, 0.5) is 5.69 Å². The van der Waals surface area contributed by atoms with Gasteiger partial charge in [-0.1, -0.05) is 23.2 Å². The molecule has 5 nitrogen and oxygen atoms in total. The third kappa shape index (κ3) is 3.23. The number of aliphatic carboxylic acids is 1. The van der Waals surface area contributed by atoms with E-state index >= 15 is 0 Å². The number of nitrogens with zero attached hydrogens (tertiary/aromatic N) is 3. The molecular weight excluding hydrogens is 277 g/mol. The number of hydrogen-bond acceptors (Lipinski definition) is 4. The lowest BCUT2D eigenvalue weighted by molar-refractivity contribution is -0.137. The topological polar surface area (TPSA) is 66.3 Å². The lowest BCUT2D eigenvalue weighted by atomic mass is 10.0. The SMILES string of the molecule is O=C(O)CCC1CCN(c2cc(Cl)nnc2Cl)C1. The summed E-state index contributed by atoms with van der Waals surface area (Å²) in [5.74, 6) is -0.371. The summed E-state index contributed by atoms with van der Waals surface area (Å²) in [6.45, 7) is 1.63. The highest BCUT2D eigenvalue weighted by molar-refractivity contribution is 6.33. The first kappa shape index (κ1) is 13.4. The molecule has 7 heteroatoms.